The molecule has 2 aromatic carbocycles. The highest BCUT2D eigenvalue weighted by atomic mass is 35.5. The van der Waals surface area contributed by atoms with E-state index in [1.807, 2.05) is 57.2 Å². The number of carbonyl (C=O) groups excluding carboxylic acids is 2. The van der Waals surface area contributed by atoms with Crippen LogP contribution >= 0.6 is 11.6 Å². The van der Waals surface area contributed by atoms with Crippen LogP contribution < -0.4 is 10.2 Å². The summed E-state index contributed by atoms with van der Waals surface area (Å²) in [5.74, 6) is -0.726. The van der Waals surface area contributed by atoms with Gasteiger partial charge in [-0.05, 0) is 82.3 Å². The molecule has 0 saturated heterocycles. The molecule has 2 unspecified atom stereocenters. The Kier molecular flexibility index (Phi) is 7.89. The van der Waals surface area contributed by atoms with Gasteiger partial charge in [0, 0.05) is 53.1 Å². The quantitative estimate of drug-likeness (QED) is 0.434. The molecule has 0 fully saturated rings. The van der Waals surface area contributed by atoms with E-state index < -0.39 is 5.92 Å². The molecule has 4 rings (SSSR count). The molecule has 190 valence electrons. The Labute approximate surface area is 219 Å². The average Bonchev–Trinajstić information content (AvgIpc) is 2.84. The minimum Gasteiger partial charge on any atom is -0.460 e. The van der Waals surface area contributed by atoms with Gasteiger partial charge in [0.1, 0.15) is 0 Å². The van der Waals surface area contributed by atoms with Crippen LogP contribution in [0.2, 0.25) is 5.02 Å². The van der Waals surface area contributed by atoms with E-state index in [-0.39, 0.29) is 23.8 Å². The number of carbonyl (C=O) groups is 2. The van der Waals surface area contributed by atoms with Crippen molar-refractivity contribution in [3.63, 3.8) is 0 Å². The molecule has 0 bridgehead atoms. The first-order valence-electron chi connectivity index (χ1n) is 12.8. The SMILES string of the molecule is CCN(CC)c1ccc(C2C(C(=O)OC(C)C)=C(C)NC3=C2C(=O)CC(c2ccc(Cl)cc2)C3)cc1. The fourth-order valence-corrected chi connectivity index (χ4v) is 5.48. The summed E-state index contributed by atoms with van der Waals surface area (Å²) in [5, 5.41) is 4.09. The van der Waals surface area contributed by atoms with Gasteiger partial charge < -0.3 is 15.0 Å². The maximum atomic E-state index is 13.7. The molecule has 2 aromatic rings. The van der Waals surface area contributed by atoms with E-state index in [9.17, 15) is 9.59 Å². The van der Waals surface area contributed by atoms with E-state index in [0.29, 0.717) is 29.0 Å². The standard InChI is InChI=1S/C30H35ClN2O3/c1-6-33(7-2)24-14-10-21(11-15-24)28-27(30(35)36-18(3)4)19(5)32-25-16-22(17-26(34)29(25)28)20-8-12-23(31)13-9-20/h8-15,18,22,28,32H,6-7,16-17H2,1-5H3. The first kappa shape index (κ1) is 26.0. The number of allylic oxidation sites excluding steroid dienone is 3. The second-order valence-corrected chi connectivity index (χ2v) is 10.2. The number of halogens is 1. The number of rotatable bonds is 7. The van der Waals surface area contributed by atoms with E-state index in [1.165, 1.54) is 0 Å². The van der Waals surface area contributed by atoms with Gasteiger partial charge in [-0.1, -0.05) is 35.9 Å². The van der Waals surface area contributed by atoms with Crippen LogP contribution in [0.15, 0.2) is 71.1 Å². The zero-order chi connectivity index (χ0) is 26.0. The molecule has 0 saturated carbocycles. The van der Waals surface area contributed by atoms with Gasteiger partial charge >= 0.3 is 5.97 Å². The van der Waals surface area contributed by atoms with Crippen molar-refractivity contribution in [2.24, 2.45) is 0 Å². The number of hydrogen-bond acceptors (Lipinski definition) is 5. The minimum atomic E-state index is -0.461. The lowest BCUT2D eigenvalue weighted by atomic mass is 9.71. The molecule has 1 N–H and O–H groups in total. The van der Waals surface area contributed by atoms with E-state index in [1.54, 1.807) is 0 Å². The van der Waals surface area contributed by atoms with Crippen molar-refractivity contribution < 1.29 is 14.3 Å². The van der Waals surface area contributed by atoms with Gasteiger partial charge in [-0.3, -0.25) is 4.79 Å². The van der Waals surface area contributed by atoms with Gasteiger partial charge in [-0.2, -0.15) is 0 Å². The highest BCUT2D eigenvalue weighted by molar-refractivity contribution is 6.30. The number of hydrogen-bond donors (Lipinski definition) is 1. The zero-order valence-corrected chi connectivity index (χ0v) is 22.5. The van der Waals surface area contributed by atoms with Crippen LogP contribution in [-0.2, 0) is 14.3 Å². The molecular formula is C30H35ClN2O3. The molecule has 36 heavy (non-hydrogen) atoms. The number of anilines is 1. The fourth-order valence-electron chi connectivity index (χ4n) is 5.36. The fraction of sp³-hybridized carbons (Fsp3) is 0.400. The van der Waals surface area contributed by atoms with Crippen LogP contribution in [0.4, 0.5) is 5.69 Å². The Bertz CT molecular complexity index is 1190. The van der Waals surface area contributed by atoms with Gasteiger partial charge in [-0.25, -0.2) is 4.79 Å². The van der Waals surface area contributed by atoms with Crippen molar-refractivity contribution in [1.29, 1.82) is 0 Å². The number of Topliss-reactive ketones (excluding diaryl/α,β-unsaturated/α-hetero) is 1. The van der Waals surface area contributed by atoms with Crippen molar-refractivity contribution in [2.75, 3.05) is 18.0 Å². The van der Waals surface area contributed by atoms with E-state index in [2.05, 4.69) is 36.2 Å². The number of ketones is 1. The lowest BCUT2D eigenvalue weighted by Crippen LogP contribution is -2.36. The Hall–Kier alpha value is -3.05. The largest absolute Gasteiger partial charge is 0.460 e. The van der Waals surface area contributed by atoms with Gasteiger partial charge in [0.15, 0.2) is 5.78 Å². The van der Waals surface area contributed by atoms with Crippen molar-refractivity contribution in [3.8, 4) is 0 Å². The molecule has 1 heterocycles. The maximum absolute atomic E-state index is 13.7. The van der Waals surface area contributed by atoms with Crippen molar-refractivity contribution in [1.82, 2.24) is 5.32 Å². The molecule has 0 spiro atoms. The predicted octanol–water partition coefficient (Wildman–Crippen LogP) is 6.50. The number of nitrogens with zero attached hydrogens (tertiary/aromatic N) is 1. The molecule has 2 atom stereocenters. The Morgan fingerprint density at radius 3 is 2.22 bits per heavy atom. The molecular weight excluding hydrogens is 472 g/mol. The van der Waals surface area contributed by atoms with E-state index >= 15 is 0 Å². The molecule has 5 nitrogen and oxygen atoms in total. The first-order valence-corrected chi connectivity index (χ1v) is 13.2. The molecule has 0 aromatic heterocycles. The monoisotopic (exact) mass is 506 g/mol. The maximum Gasteiger partial charge on any atom is 0.337 e. The zero-order valence-electron chi connectivity index (χ0n) is 21.7. The van der Waals surface area contributed by atoms with Crippen LogP contribution in [0.25, 0.3) is 0 Å². The summed E-state index contributed by atoms with van der Waals surface area (Å²) in [6.07, 6.45) is 0.831. The topological polar surface area (TPSA) is 58.6 Å². The molecule has 0 amide bonds. The van der Waals surface area contributed by atoms with Gasteiger partial charge in [0.25, 0.3) is 0 Å². The summed E-state index contributed by atoms with van der Waals surface area (Å²) in [4.78, 5) is 29.3. The van der Waals surface area contributed by atoms with Crippen LogP contribution in [-0.4, -0.2) is 30.9 Å². The summed E-state index contributed by atoms with van der Waals surface area (Å²) in [6, 6.07) is 16.0. The van der Waals surface area contributed by atoms with Crippen molar-refractivity contribution in [3.05, 3.63) is 87.2 Å². The highest BCUT2D eigenvalue weighted by Gasteiger charge is 2.41. The normalized spacial score (nSPS) is 19.8. The number of esters is 1. The summed E-state index contributed by atoms with van der Waals surface area (Å²) < 4.78 is 5.63. The second kappa shape index (κ2) is 10.9. The molecule has 2 aliphatic rings. The van der Waals surface area contributed by atoms with E-state index in [0.717, 1.165) is 41.3 Å². The van der Waals surface area contributed by atoms with Crippen LogP contribution in [0.5, 0.6) is 0 Å². The first-order chi connectivity index (χ1) is 17.2. The number of dihydropyridines is 1. The third kappa shape index (κ3) is 5.22. The van der Waals surface area contributed by atoms with Gasteiger partial charge in [0.05, 0.1) is 11.7 Å². The third-order valence-electron chi connectivity index (χ3n) is 7.09. The third-order valence-corrected chi connectivity index (χ3v) is 7.34. The Morgan fingerprint density at radius 2 is 1.64 bits per heavy atom. The average molecular weight is 507 g/mol. The summed E-state index contributed by atoms with van der Waals surface area (Å²) in [5.41, 5.74) is 5.95. The molecule has 1 aliphatic heterocycles. The number of ether oxygens (including phenoxy) is 1. The van der Waals surface area contributed by atoms with Crippen LogP contribution in [0, 0.1) is 0 Å². The number of benzene rings is 2. The van der Waals surface area contributed by atoms with E-state index in [4.69, 9.17) is 16.3 Å². The van der Waals surface area contributed by atoms with Crippen LogP contribution in [0.1, 0.15) is 70.4 Å². The molecule has 0 radical (unpaired) electrons. The smallest absolute Gasteiger partial charge is 0.337 e. The predicted molar refractivity (Wildman–Crippen MR) is 145 cm³/mol. The van der Waals surface area contributed by atoms with Crippen molar-refractivity contribution >= 4 is 29.0 Å². The Balaban J connectivity index is 1.77. The Morgan fingerprint density at radius 1 is 1.03 bits per heavy atom. The summed E-state index contributed by atoms with van der Waals surface area (Å²) in [6.45, 7) is 11.7. The lowest BCUT2D eigenvalue weighted by Gasteiger charge is -2.37. The highest BCUT2D eigenvalue weighted by Crippen LogP contribution is 2.46. The molecule has 6 heteroatoms. The molecule has 1 aliphatic carbocycles. The number of nitrogens with one attached hydrogen (secondary N) is 1. The van der Waals surface area contributed by atoms with Crippen LogP contribution in [0.3, 0.4) is 0 Å². The minimum absolute atomic E-state index is 0.0590. The second-order valence-electron chi connectivity index (χ2n) is 9.79. The lowest BCUT2D eigenvalue weighted by molar-refractivity contribution is -0.143. The summed E-state index contributed by atoms with van der Waals surface area (Å²) >= 11 is 6.09. The summed E-state index contributed by atoms with van der Waals surface area (Å²) in [7, 11) is 0. The van der Waals surface area contributed by atoms with Gasteiger partial charge in [0.2, 0.25) is 0 Å². The van der Waals surface area contributed by atoms with Crippen molar-refractivity contribution in [2.45, 2.75) is 65.4 Å². The van der Waals surface area contributed by atoms with Gasteiger partial charge in [-0.15, -0.1) is 0 Å².